The fraction of sp³-hybridized carbons (Fsp3) is 1.00. The van der Waals surface area contributed by atoms with Crippen LogP contribution in [0.15, 0.2) is 0 Å². The minimum atomic E-state index is -4.00. The van der Waals surface area contributed by atoms with Gasteiger partial charge in [0.1, 0.15) is 0 Å². The third-order valence-electron chi connectivity index (χ3n) is 2.72. The molecule has 1 aliphatic heterocycles. The molecule has 0 radical (unpaired) electrons. The molecule has 1 heterocycles. The second-order valence-corrected chi connectivity index (χ2v) is 8.41. The molecular weight excluding hydrogens is 209 g/mol. The minimum Gasteiger partial charge on any atom is -0.417 e. The molecule has 0 spiro atoms. The molecule has 5 heteroatoms. The smallest absolute Gasteiger partial charge is 0.389 e. The van der Waals surface area contributed by atoms with E-state index in [1.807, 2.05) is 0 Å². The maximum atomic E-state index is 11.9. The summed E-state index contributed by atoms with van der Waals surface area (Å²) >= 11 is 0. The summed E-state index contributed by atoms with van der Waals surface area (Å²) in [6.45, 7) is 2.82. The van der Waals surface area contributed by atoms with Gasteiger partial charge in [0.05, 0.1) is 0 Å². The van der Waals surface area contributed by atoms with Gasteiger partial charge >= 0.3 is 6.18 Å². The Labute approximate surface area is 83.8 Å². The lowest BCUT2D eigenvalue weighted by atomic mass is 10.3. The first kappa shape index (κ1) is 12.0. The molecule has 1 fully saturated rings. The van der Waals surface area contributed by atoms with Gasteiger partial charge in [0.15, 0.2) is 8.32 Å². The summed E-state index contributed by atoms with van der Waals surface area (Å²) in [5.74, 6) is 0. The van der Waals surface area contributed by atoms with Gasteiger partial charge in [0.25, 0.3) is 0 Å². The first-order chi connectivity index (χ1) is 6.41. The van der Waals surface area contributed by atoms with Crippen LogP contribution in [0.25, 0.3) is 0 Å². The minimum absolute atomic E-state index is 0.242. The van der Waals surface area contributed by atoms with Gasteiger partial charge in [-0.2, -0.15) is 13.2 Å². The Hall–Kier alpha value is -0.0331. The Kier molecular flexibility index (Phi) is 4.01. The molecule has 0 amide bonds. The zero-order valence-electron chi connectivity index (χ0n) is 8.49. The second-order valence-electron chi connectivity index (χ2n) is 4.22. The van der Waals surface area contributed by atoms with Crippen LogP contribution in [-0.2, 0) is 4.43 Å². The normalized spacial score (nSPS) is 29.1. The molecule has 0 saturated carbocycles. The van der Waals surface area contributed by atoms with Crippen LogP contribution in [0, 0.1) is 0 Å². The van der Waals surface area contributed by atoms with E-state index in [1.165, 1.54) is 0 Å². The summed E-state index contributed by atoms with van der Waals surface area (Å²) in [5.41, 5.74) is 0. The molecule has 14 heavy (non-hydrogen) atoms. The molecule has 0 aromatic heterocycles. The van der Waals surface area contributed by atoms with Crippen LogP contribution in [0.5, 0.6) is 0 Å². The van der Waals surface area contributed by atoms with Gasteiger partial charge in [0.2, 0.25) is 0 Å². The van der Waals surface area contributed by atoms with Crippen molar-refractivity contribution in [3.8, 4) is 0 Å². The van der Waals surface area contributed by atoms with Crippen molar-refractivity contribution >= 4 is 8.32 Å². The van der Waals surface area contributed by atoms with E-state index >= 15 is 0 Å². The molecule has 1 nitrogen and oxygen atoms in total. The number of rotatable bonds is 3. The van der Waals surface area contributed by atoms with Crippen LogP contribution in [0.3, 0.4) is 0 Å². The van der Waals surface area contributed by atoms with Crippen molar-refractivity contribution in [3.05, 3.63) is 0 Å². The van der Waals surface area contributed by atoms with Gasteiger partial charge in [-0.3, -0.25) is 0 Å². The Balaban J connectivity index is 2.22. The Morgan fingerprint density at radius 3 is 2.50 bits per heavy atom. The van der Waals surface area contributed by atoms with Crippen molar-refractivity contribution in [1.29, 1.82) is 0 Å². The maximum Gasteiger partial charge on any atom is 0.389 e. The molecule has 1 saturated heterocycles. The fourth-order valence-electron chi connectivity index (χ4n) is 1.85. The van der Waals surface area contributed by atoms with E-state index in [0.717, 1.165) is 25.5 Å². The van der Waals surface area contributed by atoms with Crippen molar-refractivity contribution in [1.82, 2.24) is 0 Å². The summed E-state index contributed by atoms with van der Waals surface area (Å²) in [5, 5.41) is 0. The number of hydrogen-bond donors (Lipinski definition) is 0. The van der Waals surface area contributed by atoms with Crippen molar-refractivity contribution in [2.24, 2.45) is 0 Å². The SMILES string of the molecule is C[Si]1(CCCC(F)(F)F)CCCCO1. The predicted molar refractivity (Wildman–Crippen MR) is 51.7 cm³/mol. The van der Waals surface area contributed by atoms with E-state index in [0.29, 0.717) is 6.04 Å². The first-order valence-electron chi connectivity index (χ1n) is 5.12. The maximum absolute atomic E-state index is 11.9. The first-order valence-corrected chi connectivity index (χ1v) is 7.94. The lowest BCUT2D eigenvalue weighted by Crippen LogP contribution is -2.37. The Bertz CT molecular complexity index is 175. The zero-order valence-corrected chi connectivity index (χ0v) is 9.49. The highest BCUT2D eigenvalue weighted by Gasteiger charge is 2.33. The third-order valence-corrected chi connectivity index (χ3v) is 6.44. The quantitative estimate of drug-likeness (QED) is 0.666. The average Bonchev–Trinajstić information content (AvgIpc) is 2.02. The monoisotopic (exact) mass is 226 g/mol. The van der Waals surface area contributed by atoms with E-state index in [1.54, 1.807) is 0 Å². The highest BCUT2D eigenvalue weighted by atomic mass is 28.4. The van der Waals surface area contributed by atoms with E-state index in [4.69, 9.17) is 4.43 Å². The van der Waals surface area contributed by atoms with Gasteiger partial charge in [-0.1, -0.05) is 6.42 Å². The molecular formula is C9H17F3OSi. The largest absolute Gasteiger partial charge is 0.417 e. The van der Waals surface area contributed by atoms with Crippen LogP contribution in [0.1, 0.15) is 25.7 Å². The summed E-state index contributed by atoms with van der Waals surface area (Å²) in [6.07, 6.45) is -2.21. The molecule has 1 unspecified atom stereocenters. The van der Waals surface area contributed by atoms with Gasteiger partial charge < -0.3 is 4.43 Å². The summed E-state index contributed by atoms with van der Waals surface area (Å²) in [6, 6.07) is 1.69. The van der Waals surface area contributed by atoms with Crippen molar-refractivity contribution in [2.75, 3.05) is 6.61 Å². The predicted octanol–water partition coefficient (Wildman–Crippen LogP) is 3.71. The molecule has 84 valence electrons. The van der Waals surface area contributed by atoms with E-state index in [2.05, 4.69) is 6.55 Å². The molecule has 0 aliphatic carbocycles. The topological polar surface area (TPSA) is 9.23 Å². The second kappa shape index (κ2) is 4.66. The van der Waals surface area contributed by atoms with Crippen molar-refractivity contribution in [2.45, 2.75) is 50.5 Å². The van der Waals surface area contributed by atoms with Crippen LogP contribution >= 0.6 is 0 Å². The molecule has 0 aromatic carbocycles. The molecule has 1 atom stereocenters. The molecule has 0 aromatic rings. The number of halogens is 3. The Morgan fingerprint density at radius 1 is 1.29 bits per heavy atom. The van der Waals surface area contributed by atoms with E-state index in [-0.39, 0.29) is 6.42 Å². The number of hydrogen-bond acceptors (Lipinski definition) is 1. The van der Waals surface area contributed by atoms with E-state index in [9.17, 15) is 13.2 Å². The summed E-state index contributed by atoms with van der Waals surface area (Å²) in [7, 11) is -1.74. The standard InChI is InChI=1S/C9H17F3OSi/c1-14(7-3-2-6-13-14)8-4-5-9(10,11)12/h2-8H2,1H3. The summed E-state index contributed by atoms with van der Waals surface area (Å²) < 4.78 is 41.4. The zero-order chi connectivity index (χ0) is 10.7. The van der Waals surface area contributed by atoms with Gasteiger partial charge in [-0.15, -0.1) is 0 Å². The van der Waals surface area contributed by atoms with Gasteiger partial charge in [-0.25, -0.2) is 0 Å². The van der Waals surface area contributed by atoms with Crippen molar-refractivity contribution in [3.63, 3.8) is 0 Å². The van der Waals surface area contributed by atoms with Crippen LogP contribution in [0.2, 0.25) is 18.6 Å². The average molecular weight is 226 g/mol. The third kappa shape index (κ3) is 4.46. The molecule has 1 aliphatic rings. The Morgan fingerprint density at radius 2 is 2.00 bits per heavy atom. The van der Waals surface area contributed by atoms with Crippen LogP contribution in [-0.4, -0.2) is 21.1 Å². The number of alkyl halides is 3. The highest BCUT2D eigenvalue weighted by Crippen LogP contribution is 2.30. The lowest BCUT2D eigenvalue weighted by molar-refractivity contribution is -0.134. The fourth-order valence-corrected chi connectivity index (χ4v) is 4.95. The molecule has 0 bridgehead atoms. The van der Waals surface area contributed by atoms with E-state index < -0.39 is 20.9 Å². The molecule has 0 N–H and O–H groups in total. The lowest BCUT2D eigenvalue weighted by Gasteiger charge is -2.31. The van der Waals surface area contributed by atoms with Gasteiger partial charge in [-0.05, 0) is 31.5 Å². The van der Waals surface area contributed by atoms with Crippen molar-refractivity contribution < 1.29 is 17.6 Å². The summed E-state index contributed by atoms with van der Waals surface area (Å²) in [4.78, 5) is 0. The molecule has 1 rings (SSSR count). The van der Waals surface area contributed by atoms with Crippen LogP contribution in [0.4, 0.5) is 13.2 Å². The van der Waals surface area contributed by atoms with Crippen LogP contribution < -0.4 is 0 Å². The van der Waals surface area contributed by atoms with Gasteiger partial charge in [0, 0.05) is 13.0 Å². The highest BCUT2D eigenvalue weighted by molar-refractivity contribution is 6.72.